The Morgan fingerprint density at radius 1 is 1.03 bits per heavy atom. The summed E-state index contributed by atoms with van der Waals surface area (Å²) in [5.74, 6) is 0.0228. The summed E-state index contributed by atoms with van der Waals surface area (Å²) in [4.78, 5) is 13.9. The summed E-state index contributed by atoms with van der Waals surface area (Å²) in [6, 6.07) is 3.44. The molecule has 0 aromatic heterocycles. The zero-order chi connectivity index (χ0) is 21.6. The van der Waals surface area contributed by atoms with Crippen molar-refractivity contribution in [3.8, 4) is 0 Å². The van der Waals surface area contributed by atoms with Gasteiger partial charge in [-0.3, -0.25) is 4.79 Å². The van der Waals surface area contributed by atoms with Crippen LogP contribution in [0.3, 0.4) is 0 Å². The Balaban J connectivity index is 1.82. The smallest absolute Gasteiger partial charge is 0.342 e. The van der Waals surface area contributed by atoms with Crippen LogP contribution in [0.15, 0.2) is 29.2 Å². The lowest BCUT2D eigenvalue weighted by molar-refractivity contribution is -0.141. The fourth-order valence-electron chi connectivity index (χ4n) is 3.77. The lowest BCUT2D eigenvalue weighted by Crippen LogP contribution is -2.51. The number of alkyl halides is 3. The van der Waals surface area contributed by atoms with Crippen molar-refractivity contribution in [1.29, 1.82) is 0 Å². The maximum absolute atomic E-state index is 13.2. The molecule has 1 heterocycles. The molecule has 0 N–H and O–H groups in total. The van der Waals surface area contributed by atoms with Gasteiger partial charge >= 0.3 is 6.18 Å². The van der Waals surface area contributed by atoms with Gasteiger partial charge in [-0.05, 0) is 43.9 Å². The number of hydrogen-bond donors (Lipinski definition) is 0. The van der Waals surface area contributed by atoms with Crippen LogP contribution in [0, 0.1) is 5.41 Å². The summed E-state index contributed by atoms with van der Waals surface area (Å²) in [5.41, 5.74) is -1.48. The number of nitrogens with zero attached hydrogens (tertiary/aromatic N) is 2. The molecule has 0 spiro atoms. The molecule has 29 heavy (non-hydrogen) atoms. The largest absolute Gasteiger partial charge is 0.416 e. The lowest BCUT2D eigenvalue weighted by atomic mass is 9.93. The lowest BCUT2D eigenvalue weighted by Gasteiger charge is -2.40. The second-order valence-corrected chi connectivity index (χ2v) is 10.7. The van der Waals surface area contributed by atoms with E-state index in [2.05, 4.69) is 0 Å². The third kappa shape index (κ3) is 4.77. The molecule has 162 valence electrons. The van der Waals surface area contributed by atoms with E-state index in [1.54, 1.807) is 4.90 Å². The van der Waals surface area contributed by atoms with Gasteiger partial charge in [-0.2, -0.15) is 17.5 Å². The van der Waals surface area contributed by atoms with Crippen LogP contribution in [0.25, 0.3) is 0 Å². The number of carbonyl (C=O) groups excluding carboxylic acids is 1. The normalized spacial score (nSPS) is 19.6. The van der Waals surface area contributed by atoms with E-state index in [4.69, 9.17) is 0 Å². The van der Waals surface area contributed by atoms with Crippen LogP contribution in [0.2, 0.25) is 0 Å². The SMILES string of the molecule is CC(C)(C)C(=O)N1CCC(N(C2CC2)S(=O)(=O)c2cccc(C(F)(F)F)c2)CC1. The van der Waals surface area contributed by atoms with Gasteiger partial charge in [-0.1, -0.05) is 26.8 Å². The minimum atomic E-state index is -4.60. The van der Waals surface area contributed by atoms with Gasteiger partial charge in [-0.15, -0.1) is 0 Å². The van der Waals surface area contributed by atoms with E-state index < -0.39 is 27.2 Å². The third-order valence-electron chi connectivity index (χ3n) is 5.40. The monoisotopic (exact) mass is 432 g/mol. The van der Waals surface area contributed by atoms with Crippen LogP contribution in [0.5, 0.6) is 0 Å². The molecule has 0 unspecified atom stereocenters. The summed E-state index contributed by atoms with van der Waals surface area (Å²) in [5, 5.41) is 0. The highest BCUT2D eigenvalue weighted by Gasteiger charge is 2.44. The summed E-state index contributed by atoms with van der Waals surface area (Å²) in [7, 11) is -4.06. The van der Waals surface area contributed by atoms with E-state index in [-0.39, 0.29) is 22.9 Å². The topological polar surface area (TPSA) is 57.7 Å². The maximum atomic E-state index is 13.2. The maximum Gasteiger partial charge on any atom is 0.416 e. The molecule has 1 aromatic rings. The first-order valence-electron chi connectivity index (χ1n) is 9.82. The predicted octanol–water partition coefficient (Wildman–Crippen LogP) is 3.90. The van der Waals surface area contributed by atoms with Crippen LogP contribution in [0.1, 0.15) is 52.0 Å². The molecule has 0 radical (unpaired) electrons. The number of halogens is 3. The van der Waals surface area contributed by atoms with Crippen molar-refractivity contribution in [2.45, 2.75) is 69.6 Å². The molecule has 1 saturated heterocycles. The molecule has 5 nitrogen and oxygen atoms in total. The van der Waals surface area contributed by atoms with Gasteiger partial charge in [0, 0.05) is 30.6 Å². The van der Waals surface area contributed by atoms with E-state index in [9.17, 15) is 26.4 Å². The van der Waals surface area contributed by atoms with Crippen LogP contribution in [-0.4, -0.2) is 48.7 Å². The number of hydrogen-bond acceptors (Lipinski definition) is 3. The quantitative estimate of drug-likeness (QED) is 0.725. The van der Waals surface area contributed by atoms with Crippen molar-refractivity contribution in [3.05, 3.63) is 29.8 Å². The number of rotatable bonds is 4. The summed E-state index contributed by atoms with van der Waals surface area (Å²) < 4.78 is 67.0. The van der Waals surface area contributed by atoms with Crippen LogP contribution in [0.4, 0.5) is 13.2 Å². The van der Waals surface area contributed by atoms with Gasteiger partial charge in [0.1, 0.15) is 0 Å². The molecular formula is C20H27F3N2O3S. The Bertz CT molecular complexity index is 866. The standard InChI is InChI=1S/C20H27F3N2O3S/c1-19(2,3)18(26)24-11-9-16(10-12-24)25(15-7-8-15)29(27,28)17-6-4-5-14(13-17)20(21,22)23/h4-6,13,15-16H,7-12H2,1-3H3. The van der Waals surface area contributed by atoms with E-state index in [0.29, 0.717) is 44.8 Å². The summed E-state index contributed by atoms with van der Waals surface area (Å²) >= 11 is 0. The zero-order valence-corrected chi connectivity index (χ0v) is 17.7. The third-order valence-corrected chi connectivity index (χ3v) is 7.40. The van der Waals surface area contributed by atoms with E-state index in [0.717, 1.165) is 12.1 Å². The van der Waals surface area contributed by atoms with Crippen molar-refractivity contribution >= 4 is 15.9 Å². The van der Waals surface area contributed by atoms with Gasteiger partial charge in [-0.25, -0.2) is 8.42 Å². The Hall–Kier alpha value is -1.61. The zero-order valence-electron chi connectivity index (χ0n) is 16.9. The minimum Gasteiger partial charge on any atom is -0.342 e. The molecule has 1 amide bonds. The van der Waals surface area contributed by atoms with Crippen LogP contribution >= 0.6 is 0 Å². The fraction of sp³-hybridized carbons (Fsp3) is 0.650. The number of sulfonamides is 1. The molecule has 1 saturated carbocycles. The summed E-state index contributed by atoms with van der Waals surface area (Å²) in [6.45, 7) is 6.42. The van der Waals surface area contributed by atoms with E-state index in [1.165, 1.54) is 10.4 Å². The number of likely N-dealkylation sites (tertiary alicyclic amines) is 1. The first-order chi connectivity index (χ1) is 13.3. The molecule has 1 aromatic carbocycles. The van der Waals surface area contributed by atoms with Crippen molar-refractivity contribution < 1.29 is 26.4 Å². The average molecular weight is 433 g/mol. The summed E-state index contributed by atoms with van der Waals surface area (Å²) in [6.07, 6.45) is -2.22. The fourth-order valence-corrected chi connectivity index (χ4v) is 5.75. The molecule has 1 aliphatic carbocycles. The molecule has 0 atom stereocenters. The van der Waals surface area contributed by atoms with Crippen LogP contribution in [-0.2, 0) is 21.0 Å². The second kappa shape index (κ2) is 7.58. The van der Waals surface area contributed by atoms with Gasteiger partial charge < -0.3 is 4.90 Å². The molecule has 1 aliphatic heterocycles. The number of carbonyl (C=O) groups is 1. The van der Waals surface area contributed by atoms with Crippen molar-refractivity contribution in [1.82, 2.24) is 9.21 Å². The molecule has 2 aliphatic rings. The first kappa shape index (κ1) is 22.1. The molecule has 0 bridgehead atoms. The van der Waals surface area contributed by atoms with Crippen molar-refractivity contribution in [3.63, 3.8) is 0 Å². The van der Waals surface area contributed by atoms with Gasteiger partial charge in [0.15, 0.2) is 0 Å². The highest BCUT2D eigenvalue weighted by Crippen LogP contribution is 2.38. The van der Waals surface area contributed by atoms with Crippen molar-refractivity contribution in [2.24, 2.45) is 5.41 Å². The Morgan fingerprint density at radius 3 is 2.07 bits per heavy atom. The van der Waals surface area contributed by atoms with Gasteiger partial charge in [0.05, 0.1) is 10.5 Å². The Labute approximate surface area is 169 Å². The average Bonchev–Trinajstić information content (AvgIpc) is 3.45. The number of benzene rings is 1. The highest BCUT2D eigenvalue weighted by molar-refractivity contribution is 7.89. The van der Waals surface area contributed by atoms with Gasteiger partial charge in [0.25, 0.3) is 0 Å². The van der Waals surface area contributed by atoms with Crippen LogP contribution < -0.4 is 0 Å². The molecular weight excluding hydrogens is 405 g/mol. The van der Waals surface area contributed by atoms with E-state index in [1.807, 2.05) is 20.8 Å². The number of amides is 1. The Morgan fingerprint density at radius 2 is 1.59 bits per heavy atom. The predicted molar refractivity (Wildman–Crippen MR) is 103 cm³/mol. The minimum absolute atomic E-state index is 0.0228. The van der Waals surface area contributed by atoms with Crippen molar-refractivity contribution in [2.75, 3.05) is 13.1 Å². The number of piperidine rings is 1. The van der Waals surface area contributed by atoms with Gasteiger partial charge in [0.2, 0.25) is 15.9 Å². The Kier molecular flexibility index (Phi) is 5.77. The van der Waals surface area contributed by atoms with E-state index >= 15 is 0 Å². The highest BCUT2D eigenvalue weighted by atomic mass is 32.2. The molecule has 9 heteroatoms. The molecule has 3 rings (SSSR count). The first-order valence-corrected chi connectivity index (χ1v) is 11.3. The molecule has 2 fully saturated rings. The second-order valence-electron chi connectivity index (χ2n) is 8.87.